The summed E-state index contributed by atoms with van der Waals surface area (Å²) in [7, 11) is 0. The standard InChI is InChI=1S/C14H20N2O3/c1-3-19-10-13(16-11(2)17)14(18)15-9-12-7-5-4-6-8-12/h4-8,13H,3,9-10H2,1-2H3,(H,15,18)(H,16,17)/t13-/m0/s1. The summed E-state index contributed by atoms with van der Waals surface area (Å²) in [5.41, 5.74) is 1.01. The highest BCUT2D eigenvalue weighted by molar-refractivity contribution is 5.86. The first kappa shape index (κ1) is 15.2. The molecule has 0 saturated carbocycles. The van der Waals surface area contributed by atoms with E-state index in [1.165, 1.54) is 6.92 Å². The molecule has 0 aromatic heterocycles. The van der Waals surface area contributed by atoms with Gasteiger partial charge in [-0.2, -0.15) is 0 Å². The summed E-state index contributed by atoms with van der Waals surface area (Å²) in [5.74, 6) is -0.493. The maximum atomic E-state index is 12.0. The van der Waals surface area contributed by atoms with Gasteiger partial charge in [-0.25, -0.2) is 0 Å². The van der Waals surface area contributed by atoms with Crippen LogP contribution < -0.4 is 10.6 Å². The minimum absolute atomic E-state index is 0.177. The van der Waals surface area contributed by atoms with E-state index in [4.69, 9.17) is 4.74 Å². The summed E-state index contributed by atoms with van der Waals surface area (Å²) in [6, 6.07) is 8.94. The first-order chi connectivity index (χ1) is 9.13. The highest BCUT2D eigenvalue weighted by atomic mass is 16.5. The van der Waals surface area contributed by atoms with Crippen LogP contribution in [0, 0.1) is 0 Å². The number of rotatable bonds is 7. The summed E-state index contributed by atoms with van der Waals surface area (Å²) in [6.07, 6.45) is 0. The second kappa shape index (κ2) is 8.26. The van der Waals surface area contributed by atoms with E-state index < -0.39 is 6.04 Å². The lowest BCUT2D eigenvalue weighted by atomic mass is 10.2. The third kappa shape index (κ3) is 6.01. The fourth-order valence-electron chi connectivity index (χ4n) is 1.57. The van der Waals surface area contributed by atoms with E-state index in [-0.39, 0.29) is 18.4 Å². The van der Waals surface area contributed by atoms with Crippen LogP contribution >= 0.6 is 0 Å². The topological polar surface area (TPSA) is 67.4 Å². The second-order valence-corrected chi connectivity index (χ2v) is 4.12. The Bertz CT molecular complexity index is 406. The molecule has 5 heteroatoms. The molecule has 1 atom stereocenters. The molecule has 2 amide bonds. The minimum atomic E-state index is -0.652. The van der Waals surface area contributed by atoms with Gasteiger partial charge in [0, 0.05) is 20.1 Å². The van der Waals surface area contributed by atoms with Crippen molar-refractivity contribution >= 4 is 11.8 Å². The Morgan fingerprint density at radius 2 is 1.95 bits per heavy atom. The molecule has 2 N–H and O–H groups in total. The summed E-state index contributed by atoms with van der Waals surface area (Å²) in [4.78, 5) is 23.0. The van der Waals surface area contributed by atoms with Crippen LogP contribution in [0.3, 0.4) is 0 Å². The Morgan fingerprint density at radius 3 is 2.53 bits per heavy atom. The van der Waals surface area contributed by atoms with Crippen LogP contribution in [-0.4, -0.2) is 31.1 Å². The predicted molar refractivity (Wildman–Crippen MR) is 72.4 cm³/mol. The molecule has 0 bridgehead atoms. The number of hydrogen-bond acceptors (Lipinski definition) is 3. The zero-order chi connectivity index (χ0) is 14.1. The van der Waals surface area contributed by atoms with Crippen molar-refractivity contribution in [2.75, 3.05) is 13.2 Å². The zero-order valence-corrected chi connectivity index (χ0v) is 11.3. The third-order valence-electron chi connectivity index (χ3n) is 2.49. The third-order valence-corrected chi connectivity index (χ3v) is 2.49. The van der Waals surface area contributed by atoms with Gasteiger partial charge < -0.3 is 15.4 Å². The van der Waals surface area contributed by atoms with E-state index in [0.29, 0.717) is 13.2 Å². The van der Waals surface area contributed by atoms with Crippen molar-refractivity contribution in [1.29, 1.82) is 0 Å². The maximum absolute atomic E-state index is 12.0. The molecule has 0 saturated heterocycles. The van der Waals surface area contributed by atoms with Gasteiger partial charge >= 0.3 is 0 Å². The van der Waals surface area contributed by atoms with Crippen molar-refractivity contribution < 1.29 is 14.3 Å². The van der Waals surface area contributed by atoms with E-state index in [2.05, 4.69) is 10.6 Å². The average molecular weight is 264 g/mol. The smallest absolute Gasteiger partial charge is 0.245 e. The second-order valence-electron chi connectivity index (χ2n) is 4.12. The SMILES string of the molecule is CCOC[C@H](NC(C)=O)C(=O)NCc1ccccc1. The monoisotopic (exact) mass is 264 g/mol. The molecule has 0 fully saturated rings. The summed E-state index contributed by atoms with van der Waals surface area (Å²) in [6.45, 7) is 4.33. The van der Waals surface area contributed by atoms with Gasteiger partial charge in [-0.1, -0.05) is 30.3 Å². The Hall–Kier alpha value is -1.88. The molecular weight excluding hydrogens is 244 g/mol. The highest BCUT2D eigenvalue weighted by Crippen LogP contribution is 1.98. The molecule has 0 aliphatic carbocycles. The Morgan fingerprint density at radius 1 is 1.26 bits per heavy atom. The quantitative estimate of drug-likeness (QED) is 0.767. The van der Waals surface area contributed by atoms with Gasteiger partial charge in [0.05, 0.1) is 6.61 Å². The van der Waals surface area contributed by atoms with E-state index in [1.807, 2.05) is 37.3 Å². The molecule has 104 valence electrons. The lowest BCUT2D eigenvalue weighted by Gasteiger charge is -2.17. The van der Waals surface area contributed by atoms with Gasteiger partial charge in [0.25, 0.3) is 0 Å². The zero-order valence-electron chi connectivity index (χ0n) is 11.3. The Labute approximate surface area is 113 Å². The molecular formula is C14H20N2O3. The van der Waals surface area contributed by atoms with E-state index in [0.717, 1.165) is 5.56 Å². The van der Waals surface area contributed by atoms with Crippen molar-refractivity contribution in [1.82, 2.24) is 10.6 Å². The molecule has 1 aromatic carbocycles. The van der Waals surface area contributed by atoms with Gasteiger partial charge in [-0.15, -0.1) is 0 Å². The molecule has 1 aromatic rings. The van der Waals surface area contributed by atoms with Gasteiger partial charge in [-0.3, -0.25) is 9.59 Å². The molecule has 0 heterocycles. The molecule has 0 spiro atoms. The highest BCUT2D eigenvalue weighted by Gasteiger charge is 2.18. The number of ether oxygens (including phenoxy) is 1. The first-order valence-corrected chi connectivity index (χ1v) is 6.30. The molecule has 5 nitrogen and oxygen atoms in total. The van der Waals surface area contributed by atoms with Gasteiger partial charge in [0.2, 0.25) is 11.8 Å². The van der Waals surface area contributed by atoms with Crippen LogP contribution in [0.1, 0.15) is 19.4 Å². The van der Waals surface area contributed by atoms with Crippen molar-refractivity contribution in [3.8, 4) is 0 Å². The van der Waals surface area contributed by atoms with Gasteiger partial charge in [-0.05, 0) is 12.5 Å². The van der Waals surface area contributed by atoms with E-state index in [9.17, 15) is 9.59 Å². The van der Waals surface area contributed by atoms with Crippen LogP contribution in [0.4, 0.5) is 0 Å². The van der Waals surface area contributed by atoms with Crippen LogP contribution in [0.25, 0.3) is 0 Å². The minimum Gasteiger partial charge on any atom is -0.379 e. The maximum Gasteiger partial charge on any atom is 0.245 e. The first-order valence-electron chi connectivity index (χ1n) is 6.30. The molecule has 0 aliphatic heterocycles. The molecule has 1 rings (SSSR count). The van der Waals surface area contributed by atoms with Crippen LogP contribution in [-0.2, 0) is 20.9 Å². The number of benzene rings is 1. The lowest BCUT2D eigenvalue weighted by Crippen LogP contribution is -2.48. The number of amides is 2. The summed E-state index contributed by atoms with van der Waals surface area (Å²) >= 11 is 0. The molecule has 0 aliphatic rings. The van der Waals surface area contributed by atoms with E-state index >= 15 is 0 Å². The number of nitrogens with one attached hydrogen (secondary N) is 2. The Balaban J connectivity index is 2.48. The van der Waals surface area contributed by atoms with Crippen LogP contribution in [0.2, 0.25) is 0 Å². The molecule has 19 heavy (non-hydrogen) atoms. The largest absolute Gasteiger partial charge is 0.379 e. The molecule has 0 unspecified atom stereocenters. The fourth-order valence-corrected chi connectivity index (χ4v) is 1.57. The van der Waals surface area contributed by atoms with Crippen molar-refractivity contribution in [3.63, 3.8) is 0 Å². The van der Waals surface area contributed by atoms with Crippen molar-refractivity contribution in [3.05, 3.63) is 35.9 Å². The van der Waals surface area contributed by atoms with E-state index in [1.54, 1.807) is 0 Å². The fraction of sp³-hybridized carbons (Fsp3) is 0.429. The van der Waals surface area contributed by atoms with Crippen LogP contribution in [0.15, 0.2) is 30.3 Å². The number of hydrogen-bond donors (Lipinski definition) is 2. The summed E-state index contributed by atoms with van der Waals surface area (Å²) in [5, 5.41) is 5.35. The predicted octanol–water partition coefficient (Wildman–Crippen LogP) is 0.844. The number of carbonyl (C=O) groups is 2. The molecule has 0 radical (unpaired) electrons. The summed E-state index contributed by atoms with van der Waals surface area (Å²) < 4.78 is 5.19. The van der Waals surface area contributed by atoms with Gasteiger partial charge in [0.15, 0.2) is 0 Å². The van der Waals surface area contributed by atoms with Crippen molar-refractivity contribution in [2.24, 2.45) is 0 Å². The normalized spacial score (nSPS) is 11.7. The van der Waals surface area contributed by atoms with Crippen molar-refractivity contribution in [2.45, 2.75) is 26.4 Å². The van der Waals surface area contributed by atoms with Gasteiger partial charge in [0.1, 0.15) is 6.04 Å². The lowest BCUT2D eigenvalue weighted by molar-refractivity contribution is -0.129. The average Bonchev–Trinajstić information content (AvgIpc) is 2.41. The van der Waals surface area contributed by atoms with Crippen LogP contribution in [0.5, 0.6) is 0 Å². The Kier molecular flexibility index (Phi) is 6.60. The number of carbonyl (C=O) groups excluding carboxylic acids is 2.